The lowest BCUT2D eigenvalue weighted by Crippen LogP contribution is -2.17. The number of aryl methyl sites for hydroxylation is 1. The summed E-state index contributed by atoms with van der Waals surface area (Å²) in [6.45, 7) is 2.07. The number of hydrogen-bond acceptors (Lipinski definition) is 5. The minimum absolute atomic E-state index is 0.214. The van der Waals surface area contributed by atoms with Crippen molar-refractivity contribution in [1.29, 1.82) is 0 Å². The van der Waals surface area contributed by atoms with Crippen LogP contribution in [0.1, 0.15) is 46.4 Å². The molecule has 26 heavy (non-hydrogen) atoms. The van der Waals surface area contributed by atoms with E-state index in [-0.39, 0.29) is 11.5 Å². The van der Waals surface area contributed by atoms with E-state index in [9.17, 15) is 18.0 Å². The second-order valence-electron chi connectivity index (χ2n) is 6.17. The topological polar surface area (TPSA) is 85.1 Å². The van der Waals surface area contributed by atoms with E-state index in [1.165, 1.54) is 0 Å². The molecule has 4 rings (SSSR count). The molecule has 0 bridgehead atoms. The summed E-state index contributed by atoms with van der Waals surface area (Å²) >= 11 is 0. The molecule has 0 aliphatic heterocycles. The number of halogens is 3. The maximum Gasteiger partial charge on any atom is 0.419 e. The highest BCUT2D eigenvalue weighted by Crippen LogP contribution is 2.34. The smallest absolute Gasteiger partial charge is 0.290 e. The number of amides is 1. The van der Waals surface area contributed by atoms with Gasteiger partial charge in [-0.2, -0.15) is 13.2 Å². The summed E-state index contributed by atoms with van der Waals surface area (Å²) in [6, 6.07) is 1.76. The Labute approximate surface area is 145 Å². The maximum atomic E-state index is 12.6. The molecule has 1 aliphatic rings. The standard InChI is InChI=1S/C16H13F3N6O/c1-8-2-3-12-10(8)4-11(13-24-22-7-25(12)13)14(26)23-15-20-5-9(6-21-15)16(17,18)19/h4-8H,2-3H2,1H3,(H,20,21,23,26). The van der Waals surface area contributed by atoms with Gasteiger partial charge in [-0.25, -0.2) is 9.97 Å². The summed E-state index contributed by atoms with van der Waals surface area (Å²) in [4.78, 5) is 19.7. The second kappa shape index (κ2) is 5.75. The maximum absolute atomic E-state index is 12.6. The molecule has 1 N–H and O–H groups in total. The van der Waals surface area contributed by atoms with E-state index in [4.69, 9.17) is 0 Å². The number of carbonyl (C=O) groups is 1. The molecule has 3 heterocycles. The number of anilines is 1. The molecule has 3 aromatic heterocycles. The quantitative estimate of drug-likeness (QED) is 0.758. The number of fused-ring (bicyclic) bond motifs is 3. The van der Waals surface area contributed by atoms with Crippen LogP contribution < -0.4 is 5.32 Å². The first-order valence-corrected chi connectivity index (χ1v) is 7.90. The van der Waals surface area contributed by atoms with Crippen molar-refractivity contribution in [2.24, 2.45) is 0 Å². The number of nitrogens with one attached hydrogen (secondary N) is 1. The summed E-state index contributed by atoms with van der Waals surface area (Å²) in [6.07, 6.45) is 0.106. The average Bonchev–Trinajstić information content (AvgIpc) is 3.20. The third-order valence-corrected chi connectivity index (χ3v) is 4.51. The van der Waals surface area contributed by atoms with Crippen LogP contribution in [0, 0.1) is 0 Å². The zero-order chi connectivity index (χ0) is 18.5. The van der Waals surface area contributed by atoms with Gasteiger partial charge < -0.3 is 0 Å². The van der Waals surface area contributed by atoms with E-state index in [0.717, 1.165) is 24.1 Å². The van der Waals surface area contributed by atoms with Crippen molar-refractivity contribution in [2.45, 2.75) is 31.9 Å². The van der Waals surface area contributed by atoms with E-state index in [2.05, 4.69) is 32.4 Å². The molecule has 1 atom stereocenters. The number of alkyl halides is 3. The van der Waals surface area contributed by atoms with E-state index in [1.807, 2.05) is 0 Å². The molecule has 0 radical (unpaired) electrons. The van der Waals surface area contributed by atoms with Crippen molar-refractivity contribution in [3.63, 3.8) is 0 Å². The summed E-state index contributed by atoms with van der Waals surface area (Å²) in [7, 11) is 0. The molecule has 0 aromatic carbocycles. The van der Waals surface area contributed by atoms with Gasteiger partial charge in [-0.3, -0.25) is 14.5 Å². The van der Waals surface area contributed by atoms with Gasteiger partial charge in [0.2, 0.25) is 5.95 Å². The predicted octanol–water partition coefficient (Wildman–Crippen LogP) is 2.84. The molecule has 7 nitrogen and oxygen atoms in total. The van der Waals surface area contributed by atoms with Crippen molar-refractivity contribution >= 4 is 17.5 Å². The number of hydrogen-bond donors (Lipinski definition) is 1. The van der Waals surface area contributed by atoms with Crippen molar-refractivity contribution < 1.29 is 18.0 Å². The van der Waals surface area contributed by atoms with Gasteiger partial charge in [0.15, 0.2) is 5.65 Å². The van der Waals surface area contributed by atoms with Gasteiger partial charge >= 0.3 is 6.18 Å². The molecule has 1 unspecified atom stereocenters. The summed E-state index contributed by atoms with van der Waals surface area (Å²) < 4.78 is 39.5. The monoisotopic (exact) mass is 362 g/mol. The first-order chi connectivity index (χ1) is 12.3. The molecule has 10 heteroatoms. The number of pyridine rings is 1. The van der Waals surface area contributed by atoms with Gasteiger partial charge in [0.05, 0.1) is 11.1 Å². The van der Waals surface area contributed by atoms with Crippen LogP contribution in [0.4, 0.5) is 19.1 Å². The Morgan fingerprint density at radius 3 is 2.73 bits per heavy atom. The molecule has 134 valence electrons. The normalized spacial score (nSPS) is 16.7. The third-order valence-electron chi connectivity index (χ3n) is 4.51. The van der Waals surface area contributed by atoms with Crippen LogP contribution in [0.3, 0.4) is 0 Å². The van der Waals surface area contributed by atoms with Crippen LogP contribution in [0.5, 0.6) is 0 Å². The van der Waals surface area contributed by atoms with Crippen LogP contribution in [0.25, 0.3) is 5.65 Å². The zero-order valence-corrected chi connectivity index (χ0v) is 13.6. The van der Waals surface area contributed by atoms with Crippen molar-refractivity contribution in [1.82, 2.24) is 24.6 Å². The van der Waals surface area contributed by atoms with Gasteiger partial charge in [0, 0.05) is 18.1 Å². The fraction of sp³-hybridized carbons (Fsp3) is 0.312. The highest BCUT2D eigenvalue weighted by atomic mass is 19.4. The highest BCUT2D eigenvalue weighted by molar-refractivity contribution is 6.07. The lowest BCUT2D eigenvalue weighted by atomic mass is 10.0. The van der Waals surface area contributed by atoms with E-state index in [1.54, 1.807) is 16.8 Å². The number of aromatic nitrogens is 5. The first-order valence-electron chi connectivity index (χ1n) is 7.90. The molecule has 0 saturated carbocycles. The summed E-state index contributed by atoms with van der Waals surface area (Å²) in [5, 5.41) is 10.3. The summed E-state index contributed by atoms with van der Waals surface area (Å²) in [5.41, 5.74) is 1.79. The molecule has 0 spiro atoms. The van der Waals surface area contributed by atoms with Gasteiger partial charge in [-0.15, -0.1) is 10.2 Å². The molecule has 1 aliphatic carbocycles. The molecule has 3 aromatic rings. The van der Waals surface area contributed by atoms with Crippen molar-refractivity contribution in [3.05, 3.63) is 47.2 Å². The second-order valence-corrected chi connectivity index (χ2v) is 6.17. The summed E-state index contributed by atoms with van der Waals surface area (Å²) in [5.74, 6) is -0.468. The Hall–Kier alpha value is -3.04. The Morgan fingerprint density at radius 2 is 2.04 bits per heavy atom. The SMILES string of the molecule is CC1CCc2c1cc(C(=O)Nc1ncc(C(F)(F)F)cn1)c1nncn21. The third kappa shape index (κ3) is 2.67. The van der Waals surface area contributed by atoms with Gasteiger partial charge in [0.1, 0.15) is 6.33 Å². The van der Waals surface area contributed by atoms with E-state index < -0.39 is 17.6 Å². The van der Waals surface area contributed by atoms with Gasteiger partial charge in [-0.1, -0.05) is 6.92 Å². The number of rotatable bonds is 2. The Morgan fingerprint density at radius 1 is 1.31 bits per heavy atom. The van der Waals surface area contributed by atoms with Gasteiger partial charge in [-0.05, 0) is 30.4 Å². The minimum atomic E-state index is -4.54. The lowest BCUT2D eigenvalue weighted by Gasteiger charge is -2.11. The van der Waals surface area contributed by atoms with E-state index in [0.29, 0.717) is 24.0 Å². The highest BCUT2D eigenvalue weighted by Gasteiger charge is 2.31. The fourth-order valence-electron chi connectivity index (χ4n) is 3.13. The molecular weight excluding hydrogens is 349 g/mol. The predicted molar refractivity (Wildman–Crippen MR) is 84.7 cm³/mol. The van der Waals surface area contributed by atoms with Crippen LogP contribution >= 0.6 is 0 Å². The molecular formula is C16H13F3N6O. The van der Waals surface area contributed by atoms with Crippen LogP contribution in [-0.4, -0.2) is 30.5 Å². The molecule has 0 saturated heterocycles. The Kier molecular flexibility index (Phi) is 3.63. The average molecular weight is 362 g/mol. The van der Waals surface area contributed by atoms with Crippen LogP contribution in [0.15, 0.2) is 24.8 Å². The molecule has 0 fully saturated rings. The fourth-order valence-corrected chi connectivity index (χ4v) is 3.13. The Bertz CT molecular complexity index is 996. The van der Waals surface area contributed by atoms with Crippen molar-refractivity contribution in [3.8, 4) is 0 Å². The number of carbonyl (C=O) groups excluding carboxylic acids is 1. The minimum Gasteiger partial charge on any atom is -0.290 e. The number of nitrogens with zero attached hydrogens (tertiary/aromatic N) is 5. The lowest BCUT2D eigenvalue weighted by molar-refractivity contribution is -0.138. The van der Waals surface area contributed by atoms with Gasteiger partial charge in [0.25, 0.3) is 5.91 Å². The zero-order valence-electron chi connectivity index (χ0n) is 13.6. The molecule has 1 amide bonds. The Balaban J connectivity index is 1.67. The first kappa shape index (κ1) is 16.4. The largest absolute Gasteiger partial charge is 0.419 e. The van der Waals surface area contributed by atoms with Crippen LogP contribution in [0.2, 0.25) is 0 Å². The van der Waals surface area contributed by atoms with Crippen LogP contribution in [-0.2, 0) is 12.6 Å². The van der Waals surface area contributed by atoms with E-state index >= 15 is 0 Å². The van der Waals surface area contributed by atoms with Crippen molar-refractivity contribution in [2.75, 3.05) is 5.32 Å².